The van der Waals surface area contributed by atoms with Crippen molar-refractivity contribution in [1.29, 1.82) is 0 Å². The van der Waals surface area contributed by atoms with Crippen LogP contribution in [-0.2, 0) is 17.8 Å². The van der Waals surface area contributed by atoms with E-state index in [1.807, 2.05) is 23.1 Å². The fraction of sp³-hybridized carbons (Fsp3) is 0.545. The number of hydrogen-bond acceptors (Lipinski definition) is 3. The topological polar surface area (TPSA) is 63.5 Å². The molecule has 1 aliphatic heterocycles. The lowest BCUT2D eigenvalue weighted by molar-refractivity contribution is -0.106. The predicted octanol–water partition coefficient (Wildman–Crippen LogP) is 2.80. The maximum atomic E-state index is 5.93. The van der Waals surface area contributed by atoms with E-state index in [4.69, 9.17) is 9.73 Å². The van der Waals surface area contributed by atoms with Gasteiger partial charge in [-0.1, -0.05) is 38.1 Å². The van der Waals surface area contributed by atoms with Crippen molar-refractivity contribution >= 4 is 5.96 Å². The highest BCUT2D eigenvalue weighted by molar-refractivity contribution is 5.80. The first-order valence-corrected chi connectivity index (χ1v) is 10.3. The molecule has 3 unspecified atom stereocenters. The third kappa shape index (κ3) is 3.65. The fourth-order valence-electron chi connectivity index (χ4n) is 4.68. The van der Waals surface area contributed by atoms with E-state index in [1.54, 1.807) is 0 Å². The van der Waals surface area contributed by atoms with Crippen LogP contribution < -0.4 is 10.6 Å². The molecule has 2 aromatic rings. The summed E-state index contributed by atoms with van der Waals surface area (Å²) < 4.78 is 7.87. The Morgan fingerprint density at radius 3 is 2.86 bits per heavy atom. The van der Waals surface area contributed by atoms with Crippen molar-refractivity contribution in [1.82, 2.24) is 20.4 Å². The molecule has 1 aromatic carbocycles. The first kappa shape index (κ1) is 19.0. The number of nitrogens with zero attached hydrogens (tertiary/aromatic N) is 3. The quantitative estimate of drug-likeness (QED) is 0.597. The fourth-order valence-corrected chi connectivity index (χ4v) is 4.68. The highest BCUT2D eigenvalue weighted by Gasteiger charge is 2.59. The summed E-state index contributed by atoms with van der Waals surface area (Å²) in [5, 5.41) is 11.4. The van der Waals surface area contributed by atoms with Gasteiger partial charge in [-0.25, -0.2) is 4.99 Å². The highest BCUT2D eigenvalue weighted by Crippen LogP contribution is 2.52. The molecule has 1 aliphatic carbocycles. The molecular weight excluding hydrogens is 350 g/mol. The van der Waals surface area contributed by atoms with E-state index < -0.39 is 0 Å². The second-order valence-electron chi connectivity index (χ2n) is 8.35. The van der Waals surface area contributed by atoms with E-state index in [2.05, 4.69) is 60.8 Å². The number of guanidine groups is 1. The second-order valence-corrected chi connectivity index (χ2v) is 8.35. The Labute approximate surface area is 167 Å². The zero-order valence-corrected chi connectivity index (χ0v) is 17.1. The van der Waals surface area contributed by atoms with Crippen LogP contribution >= 0.6 is 0 Å². The standard InChI is InChI=1S/C22H31N5O/c1-4-23-21(26-19-18-10-13-28-20(18)22(19,2)3)24-14-16-8-5-6-9-17(16)15-27-12-7-11-25-27/h5-9,11-12,18-20H,4,10,13-15H2,1-3H3,(H2,23,24,26). The van der Waals surface area contributed by atoms with Gasteiger partial charge in [-0.15, -0.1) is 0 Å². The van der Waals surface area contributed by atoms with Gasteiger partial charge >= 0.3 is 0 Å². The molecule has 4 rings (SSSR count). The molecule has 2 aliphatic rings. The van der Waals surface area contributed by atoms with Crippen LogP contribution in [0.4, 0.5) is 0 Å². The molecule has 3 atom stereocenters. The van der Waals surface area contributed by atoms with Crippen LogP contribution in [0.15, 0.2) is 47.7 Å². The number of aliphatic imine (C=N–C) groups is 1. The van der Waals surface area contributed by atoms with Crippen molar-refractivity contribution < 1.29 is 4.74 Å². The van der Waals surface area contributed by atoms with Crippen molar-refractivity contribution in [3.63, 3.8) is 0 Å². The van der Waals surface area contributed by atoms with Gasteiger partial charge in [0.2, 0.25) is 0 Å². The average molecular weight is 382 g/mol. The lowest BCUT2D eigenvalue weighted by Gasteiger charge is -2.54. The molecule has 0 radical (unpaired) electrons. The third-order valence-electron chi connectivity index (χ3n) is 6.15. The molecular formula is C22H31N5O. The lowest BCUT2D eigenvalue weighted by Crippen LogP contribution is -2.67. The minimum Gasteiger partial charge on any atom is -0.377 e. The summed E-state index contributed by atoms with van der Waals surface area (Å²) in [6.45, 7) is 9.82. The number of nitrogens with one attached hydrogen (secondary N) is 2. The lowest BCUT2D eigenvalue weighted by atomic mass is 9.57. The minimum absolute atomic E-state index is 0.134. The molecule has 0 bridgehead atoms. The third-order valence-corrected chi connectivity index (χ3v) is 6.15. The Morgan fingerprint density at radius 1 is 1.29 bits per heavy atom. The van der Waals surface area contributed by atoms with Gasteiger partial charge in [-0.3, -0.25) is 4.68 Å². The predicted molar refractivity (Wildman–Crippen MR) is 111 cm³/mol. The number of ether oxygens (including phenoxy) is 1. The van der Waals surface area contributed by atoms with Crippen LogP contribution in [0.1, 0.15) is 38.3 Å². The van der Waals surface area contributed by atoms with Gasteiger partial charge in [-0.05, 0) is 30.5 Å². The number of benzene rings is 1. The summed E-state index contributed by atoms with van der Waals surface area (Å²) in [5.74, 6) is 1.48. The zero-order valence-electron chi connectivity index (χ0n) is 17.1. The Bertz CT molecular complexity index is 814. The van der Waals surface area contributed by atoms with Crippen LogP contribution in [0.25, 0.3) is 0 Å². The van der Waals surface area contributed by atoms with E-state index in [-0.39, 0.29) is 5.41 Å². The molecule has 1 aromatic heterocycles. The largest absolute Gasteiger partial charge is 0.377 e. The monoisotopic (exact) mass is 381 g/mol. The molecule has 6 nitrogen and oxygen atoms in total. The Kier molecular flexibility index (Phi) is 5.40. The first-order chi connectivity index (χ1) is 13.6. The second kappa shape index (κ2) is 7.95. The van der Waals surface area contributed by atoms with Gasteiger partial charge < -0.3 is 15.4 Å². The molecule has 2 fully saturated rings. The molecule has 28 heavy (non-hydrogen) atoms. The molecule has 1 saturated heterocycles. The van der Waals surface area contributed by atoms with Crippen molar-refractivity contribution in [2.24, 2.45) is 16.3 Å². The maximum absolute atomic E-state index is 5.93. The summed E-state index contributed by atoms with van der Waals surface area (Å²) in [6.07, 6.45) is 5.32. The molecule has 6 heteroatoms. The Balaban J connectivity index is 1.47. The molecule has 1 saturated carbocycles. The van der Waals surface area contributed by atoms with E-state index in [0.717, 1.165) is 32.1 Å². The highest BCUT2D eigenvalue weighted by atomic mass is 16.5. The molecule has 2 N–H and O–H groups in total. The van der Waals surface area contributed by atoms with Gasteiger partial charge in [0.15, 0.2) is 5.96 Å². The zero-order chi connectivity index (χ0) is 19.6. The molecule has 0 amide bonds. The number of fused-ring (bicyclic) bond motifs is 1. The summed E-state index contributed by atoms with van der Waals surface area (Å²) in [5.41, 5.74) is 2.61. The first-order valence-electron chi connectivity index (χ1n) is 10.3. The van der Waals surface area contributed by atoms with Crippen LogP contribution in [0.5, 0.6) is 0 Å². The van der Waals surface area contributed by atoms with Crippen LogP contribution in [0.2, 0.25) is 0 Å². The van der Waals surface area contributed by atoms with E-state index in [0.29, 0.717) is 24.6 Å². The van der Waals surface area contributed by atoms with E-state index in [1.165, 1.54) is 11.1 Å². The normalized spacial score (nSPS) is 25.8. The van der Waals surface area contributed by atoms with Crippen molar-refractivity contribution in [3.05, 3.63) is 53.9 Å². The summed E-state index contributed by atoms with van der Waals surface area (Å²) >= 11 is 0. The molecule has 150 valence electrons. The van der Waals surface area contributed by atoms with Gasteiger partial charge in [0.1, 0.15) is 0 Å². The van der Waals surface area contributed by atoms with Crippen molar-refractivity contribution in [2.45, 2.75) is 52.4 Å². The number of hydrogen-bond donors (Lipinski definition) is 2. The number of rotatable bonds is 6. The SMILES string of the molecule is CCNC(=NCc1ccccc1Cn1cccn1)NC1C2CCOC2C1(C)C. The molecule has 0 spiro atoms. The average Bonchev–Trinajstić information content (AvgIpc) is 3.36. The maximum Gasteiger partial charge on any atom is 0.191 e. The van der Waals surface area contributed by atoms with Gasteiger partial charge in [0.05, 0.1) is 19.2 Å². The van der Waals surface area contributed by atoms with Gasteiger partial charge in [-0.2, -0.15) is 5.10 Å². The van der Waals surface area contributed by atoms with Crippen LogP contribution in [0.3, 0.4) is 0 Å². The Hall–Kier alpha value is -2.34. The summed E-state index contributed by atoms with van der Waals surface area (Å²) in [6, 6.07) is 10.8. The van der Waals surface area contributed by atoms with E-state index >= 15 is 0 Å². The van der Waals surface area contributed by atoms with Gasteiger partial charge in [0.25, 0.3) is 0 Å². The summed E-state index contributed by atoms with van der Waals surface area (Å²) in [4.78, 5) is 4.90. The smallest absolute Gasteiger partial charge is 0.191 e. The van der Waals surface area contributed by atoms with Gasteiger partial charge in [0, 0.05) is 42.9 Å². The van der Waals surface area contributed by atoms with Crippen LogP contribution in [-0.4, -0.2) is 41.0 Å². The molecule has 2 heterocycles. The number of aromatic nitrogens is 2. The van der Waals surface area contributed by atoms with Crippen molar-refractivity contribution in [3.8, 4) is 0 Å². The summed E-state index contributed by atoms with van der Waals surface area (Å²) in [7, 11) is 0. The van der Waals surface area contributed by atoms with E-state index in [9.17, 15) is 0 Å². The Morgan fingerprint density at radius 2 is 2.11 bits per heavy atom. The van der Waals surface area contributed by atoms with Crippen LogP contribution in [0, 0.1) is 11.3 Å². The van der Waals surface area contributed by atoms with Crippen molar-refractivity contribution in [2.75, 3.05) is 13.2 Å². The minimum atomic E-state index is 0.134.